The van der Waals surface area contributed by atoms with E-state index in [4.69, 9.17) is 9.57 Å². The zero-order valence-corrected chi connectivity index (χ0v) is 23.8. The molecular formula is C27H28N6O8S. The van der Waals surface area contributed by atoms with Gasteiger partial charge in [-0.2, -0.15) is 0 Å². The van der Waals surface area contributed by atoms with Gasteiger partial charge in [0.25, 0.3) is 11.8 Å². The number of carboxylic acids is 1. The molecular weight excluding hydrogens is 568 g/mol. The Kier molecular flexibility index (Phi) is 9.20. The van der Waals surface area contributed by atoms with Gasteiger partial charge in [0.05, 0.1) is 11.7 Å². The van der Waals surface area contributed by atoms with E-state index in [1.807, 2.05) is 6.07 Å². The van der Waals surface area contributed by atoms with E-state index in [2.05, 4.69) is 20.8 Å². The van der Waals surface area contributed by atoms with Crippen LogP contribution in [0.1, 0.15) is 26.5 Å². The molecule has 2 aromatic heterocycles. The maximum atomic E-state index is 13.4. The van der Waals surface area contributed by atoms with Crippen LogP contribution < -0.4 is 20.3 Å². The summed E-state index contributed by atoms with van der Waals surface area (Å²) in [6.07, 6.45) is 3.95. The summed E-state index contributed by atoms with van der Waals surface area (Å²) in [5, 5.41) is 20.1. The monoisotopic (exact) mass is 596 g/mol. The molecule has 0 bridgehead atoms. The minimum absolute atomic E-state index is 0.0269. The molecule has 0 saturated carbocycles. The Hall–Kier alpha value is -4.79. The fraction of sp³-hybridized carbons (Fsp3) is 0.333. The number of rotatable bonds is 11. The van der Waals surface area contributed by atoms with E-state index >= 15 is 0 Å². The van der Waals surface area contributed by atoms with Crippen molar-refractivity contribution in [2.45, 2.75) is 44.3 Å². The Bertz CT molecular complexity index is 1460. The molecule has 0 aliphatic carbocycles. The minimum atomic E-state index is -1.49. The SMILES string of the molecule is CC(C)(C)OC(=O)CON=C(C(=O)NC1C(=O)N2C(C(=O)[O-])=C(C[n+]3ccccc3)CS[C@@H]12)c1cccc(NC=O)n1. The number of nitrogens with zero attached hydrogens (tertiary/aromatic N) is 4. The number of fused-ring (bicyclic) bond motifs is 1. The lowest BCUT2D eigenvalue weighted by molar-refractivity contribution is -0.689. The van der Waals surface area contributed by atoms with Crippen molar-refractivity contribution in [2.24, 2.45) is 5.16 Å². The van der Waals surface area contributed by atoms with Crippen LogP contribution in [0.4, 0.5) is 5.82 Å². The number of aliphatic carboxylic acids is 1. The highest BCUT2D eigenvalue weighted by Crippen LogP contribution is 2.40. The Morgan fingerprint density at radius 2 is 1.95 bits per heavy atom. The summed E-state index contributed by atoms with van der Waals surface area (Å²) in [5.74, 6) is -3.35. The zero-order valence-electron chi connectivity index (χ0n) is 22.9. The number of carboxylic acid groups (broad SMARTS) is 1. The number of β-lactam (4-membered cyclic amide) rings is 1. The smallest absolute Gasteiger partial charge is 0.347 e. The lowest BCUT2D eigenvalue weighted by Crippen LogP contribution is -2.71. The van der Waals surface area contributed by atoms with Crippen molar-refractivity contribution in [1.82, 2.24) is 15.2 Å². The van der Waals surface area contributed by atoms with Crippen molar-refractivity contribution in [3.63, 3.8) is 0 Å². The lowest BCUT2D eigenvalue weighted by Gasteiger charge is -2.50. The van der Waals surface area contributed by atoms with E-state index in [1.165, 1.54) is 30.0 Å². The van der Waals surface area contributed by atoms with Crippen molar-refractivity contribution in [3.05, 3.63) is 65.8 Å². The molecule has 220 valence electrons. The van der Waals surface area contributed by atoms with Crippen LogP contribution in [0.3, 0.4) is 0 Å². The minimum Gasteiger partial charge on any atom is -0.543 e. The summed E-state index contributed by atoms with van der Waals surface area (Å²) >= 11 is 1.29. The second-order valence-electron chi connectivity index (χ2n) is 10.1. The Balaban J connectivity index is 1.53. The van der Waals surface area contributed by atoms with Gasteiger partial charge in [0.1, 0.15) is 28.5 Å². The summed E-state index contributed by atoms with van der Waals surface area (Å²) in [5.41, 5.74) is -0.924. The summed E-state index contributed by atoms with van der Waals surface area (Å²) < 4.78 is 6.95. The third-order valence-corrected chi connectivity index (χ3v) is 7.19. The van der Waals surface area contributed by atoms with Crippen LogP contribution in [0.2, 0.25) is 0 Å². The van der Waals surface area contributed by atoms with Gasteiger partial charge in [-0.05, 0) is 32.9 Å². The Morgan fingerprint density at radius 3 is 2.62 bits per heavy atom. The van der Waals surface area contributed by atoms with Crippen molar-refractivity contribution in [2.75, 3.05) is 17.7 Å². The van der Waals surface area contributed by atoms with Crippen LogP contribution in [0, 0.1) is 0 Å². The van der Waals surface area contributed by atoms with E-state index in [0.29, 0.717) is 12.0 Å². The highest BCUT2D eigenvalue weighted by atomic mass is 32.2. The number of hydrogen-bond donors (Lipinski definition) is 2. The normalized spacial score (nSPS) is 18.4. The number of hydrogen-bond acceptors (Lipinski definition) is 11. The number of ether oxygens (including phenoxy) is 1. The number of esters is 1. The fourth-order valence-electron chi connectivity index (χ4n) is 4.20. The molecule has 14 nitrogen and oxygen atoms in total. The Morgan fingerprint density at radius 1 is 1.21 bits per heavy atom. The molecule has 42 heavy (non-hydrogen) atoms. The van der Waals surface area contributed by atoms with E-state index in [0.717, 1.165) is 4.90 Å². The number of pyridine rings is 2. The van der Waals surface area contributed by atoms with Crippen LogP contribution in [-0.2, 0) is 40.1 Å². The summed E-state index contributed by atoms with van der Waals surface area (Å²) in [7, 11) is 0. The van der Waals surface area contributed by atoms with Gasteiger partial charge < -0.3 is 30.1 Å². The third-order valence-electron chi connectivity index (χ3n) is 5.85. The second kappa shape index (κ2) is 12.8. The molecule has 1 saturated heterocycles. The van der Waals surface area contributed by atoms with Crippen molar-refractivity contribution in [3.8, 4) is 0 Å². The van der Waals surface area contributed by atoms with Crippen LogP contribution in [0.5, 0.6) is 0 Å². The average molecular weight is 597 g/mol. The predicted molar refractivity (Wildman–Crippen MR) is 146 cm³/mol. The molecule has 15 heteroatoms. The number of amides is 3. The predicted octanol–water partition coefficient (Wildman–Crippen LogP) is -0.896. The maximum absolute atomic E-state index is 13.4. The maximum Gasteiger partial charge on any atom is 0.347 e. The first-order valence-corrected chi connectivity index (χ1v) is 13.8. The molecule has 4 rings (SSSR count). The first-order valence-electron chi connectivity index (χ1n) is 12.7. The summed E-state index contributed by atoms with van der Waals surface area (Å²) in [4.78, 5) is 71.9. The molecule has 4 heterocycles. The Labute approximate surface area is 244 Å². The molecule has 0 aromatic carbocycles. The number of carbonyl (C=O) groups excluding carboxylic acids is 5. The van der Waals surface area contributed by atoms with Crippen molar-refractivity contribution >= 4 is 53.5 Å². The molecule has 2 N–H and O–H groups in total. The molecule has 0 radical (unpaired) electrons. The van der Waals surface area contributed by atoms with Crippen LogP contribution in [-0.4, -0.2) is 75.1 Å². The van der Waals surface area contributed by atoms with E-state index in [9.17, 15) is 29.1 Å². The highest BCUT2D eigenvalue weighted by Gasteiger charge is 2.53. The summed E-state index contributed by atoms with van der Waals surface area (Å²) in [6.45, 7) is 4.66. The van der Waals surface area contributed by atoms with Gasteiger partial charge in [0, 0.05) is 23.5 Å². The molecule has 2 aliphatic heterocycles. The van der Waals surface area contributed by atoms with Gasteiger partial charge in [0.15, 0.2) is 24.7 Å². The van der Waals surface area contributed by atoms with Crippen molar-refractivity contribution in [1.29, 1.82) is 0 Å². The molecule has 1 unspecified atom stereocenters. The largest absolute Gasteiger partial charge is 0.543 e. The number of carbonyl (C=O) groups is 5. The topological polar surface area (TPSA) is 183 Å². The van der Waals surface area contributed by atoms with Crippen molar-refractivity contribution < 1.29 is 43.2 Å². The summed E-state index contributed by atoms with van der Waals surface area (Å²) in [6, 6.07) is 8.73. The number of oxime groups is 1. The standard InChI is InChI=1S/C27H28N6O8S/c1-27(2,3)41-19(35)13-40-31-20(17-8-7-9-18(29-17)28-15-34)23(36)30-21-24(37)33-22(26(38)39)16(14-42-25(21)33)12-32-10-5-4-6-11-32/h4-11,15,21,25H,12-14H2,1-3H3,(H2-,28,29,30,34,36,38,39)/t21?,25-/m0/s1. The van der Waals surface area contributed by atoms with Gasteiger partial charge in [-0.15, -0.1) is 11.8 Å². The lowest BCUT2D eigenvalue weighted by atomic mass is 10.0. The fourth-order valence-corrected chi connectivity index (χ4v) is 5.53. The second-order valence-corrected chi connectivity index (χ2v) is 11.2. The van der Waals surface area contributed by atoms with E-state index < -0.39 is 53.1 Å². The molecule has 2 aromatic rings. The third kappa shape index (κ3) is 7.09. The van der Waals surface area contributed by atoms with Gasteiger partial charge in [-0.3, -0.25) is 19.3 Å². The number of thioether (sulfide) groups is 1. The first-order chi connectivity index (χ1) is 20.0. The average Bonchev–Trinajstić information content (AvgIpc) is 2.93. The van der Waals surface area contributed by atoms with Gasteiger partial charge in [-0.25, -0.2) is 14.3 Å². The number of anilines is 1. The quantitative estimate of drug-likeness (QED) is 0.0824. The highest BCUT2D eigenvalue weighted by molar-refractivity contribution is 8.00. The van der Waals surface area contributed by atoms with Crippen LogP contribution in [0.25, 0.3) is 0 Å². The first kappa shape index (κ1) is 30.2. The molecule has 2 aliphatic rings. The van der Waals surface area contributed by atoms with Gasteiger partial charge in [0.2, 0.25) is 13.0 Å². The zero-order chi connectivity index (χ0) is 30.4. The van der Waals surface area contributed by atoms with E-state index in [1.54, 1.807) is 49.9 Å². The van der Waals surface area contributed by atoms with Gasteiger partial charge >= 0.3 is 5.97 Å². The van der Waals surface area contributed by atoms with Crippen LogP contribution >= 0.6 is 11.8 Å². The van der Waals surface area contributed by atoms with Gasteiger partial charge in [-0.1, -0.05) is 17.3 Å². The number of aromatic nitrogens is 2. The molecule has 2 atom stereocenters. The van der Waals surface area contributed by atoms with E-state index in [-0.39, 0.29) is 29.5 Å². The number of nitrogens with one attached hydrogen (secondary N) is 2. The molecule has 1 fully saturated rings. The molecule has 0 spiro atoms. The molecule has 3 amide bonds. The van der Waals surface area contributed by atoms with Crippen LogP contribution in [0.15, 0.2) is 65.2 Å².